The number of hydrogen-bond acceptors (Lipinski definition) is 4. The molecule has 0 fully saturated rings. The average Bonchev–Trinajstić information content (AvgIpc) is 3.19. The Morgan fingerprint density at radius 2 is 1.87 bits per heavy atom. The van der Waals surface area contributed by atoms with Crippen LogP contribution < -0.4 is 5.32 Å². The fourth-order valence-electron chi connectivity index (χ4n) is 4.07. The fourth-order valence-corrected chi connectivity index (χ4v) is 4.07. The topological polar surface area (TPSA) is 72.6 Å². The maximum absolute atomic E-state index is 4.60. The van der Waals surface area contributed by atoms with E-state index in [1.807, 2.05) is 0 Å². The zero-order valence-corrected chi connectivity index (χ0v) is 14.4. The summed E-state index contributed by atoms with van der Waals surface area (Å²) in [6, 6.07) is 0.353. The van der Waals surface area contributed by atoms with Gasteiger partial charge in [0.1, 0.15) is 0 Å². The zero-order valence-electron chi connectivity index (χ0n) is 14.4. The SMILES string of the molecule is CC(C)c1n[nH]c2c1CNC2CC(C)c1n[nH]c2c1CN(C)C2. The van der Waals surface area contributed by atoms with E-state index in [-0.39, 0.29) is 0 Å². The van der Waals surface area contributed by atoms with Crippen molar-refractivity contribution in [2.45, 2.75) is 64.7 Å². The van der Waals surface area contributed by atoms with Gasteiger partial charge in [-0.25, -0.2) is 0 Å². The molecule has 0 bridgehead atoms. The van der Waals surface area contributed by atoms with E-state index >= 15 is 0 Å². The first-order valence-electron chi connectivity index (χ1n) is 8.59. The van der Waals surface area contributed by atoms with Crippen molar-refractivity contribution >= 4 is 0 Å². The molecule has 2 aliphatic heterocycles. The standard InChI is InChI=1S/C17H26N6/c1-9(2)15-11-6-18-13(17(11)22-20-15)5-10(3)16-12-7-23(4)8-14(12)19-21-16/h9-10,13,18H,5-8H2,1-4H3,(H,19,21)(H,20,22). The molecule has 2 aromatic heterocycles. The molecule has 23 heavy (non-hydrogen) atoms. The molecule has 4 heterocycles. The summed E-state index contributed by atoms with van der Waals surface area (Å²) in [6.07, 6.45) is 1.05. The number of H-pyrrole nitrogens is 2. The van der Waals surface area contributed by atoms with Gasteiger partial charge in [0.2, 0.25) is 0 Å². The molecular formula is C17H26N6. The van der Waals surface area contributed by atoms with Crippen LogP contribution in [0.2, 0.25) is 0 Å². The van der Waals surface area contributed by atoms with Crippen LogP contribution in [0.5, 0.6) is 0 Å². The maximum atomic E-state index is 4.60. The molecule has 2 aliphatic rings. The number of rotatable bonds is 4. The zero-order chi connectivity index (χ0) is 16.1. The van der Waals surface area contributed by atoms with Gasteiger partial charge in [0, 0.05) is 36.7 Å². The van der Waals surface area contributed by atoms with Crippen LogP contribution in [0.4, 0.5) is 0 Å². The fraction of sp³-hybridized carbons (Fsp3) is 0.647. The van der Waals surface area contributed by atoms with Crippen molar-refractivity contribution in [2.24, 2.45) is 0 Å². The smallest absolute Gasteiger partial charge is 0.0699 e. The Kier molecular flexibility index (Phi) is 3.54. The highest BCUT2D eigenvalue weighted by molar-refractivity contribution is 5.35. The van der Waals surface area contributed by atoms with Crippen molar-refractivity contribution in [1.82, 2.24) is 30.6 Å². The minimum atomic E-state index is 0.353. The Labute approximate surface area is 137 Å². The van der Waals surface area contributed by atoms with E-state index in [9.17, 15) is 0 Å². The van der Waals surface area contributed by atoms with E-state index in [1.165, 1.54) is 33.9 Å². The first kappa shape index (κ1) is 14.9. The monoisotopic (exact) mass is 314 g/mol. The summed E-state index contributed by atoms with van der Waals surface area (Å²) >= 11 is 0. The molecule has 4 rings (SSSR count). The van der Waals surface area contributed by atoms with Crippen LogP contribution in [0.3, 0.4) is 0 Å². The Morgan fingerprint density at radius 1 is 1.09 bits per heavy atom. The van der Waals surface area contributed by atoms with Gasteiger partial charge in [-0.15, -0.1) is 0 Å². The van der Waals surface area contributed by atoms with Gasteiger partial charge in [0.05, 0.1) is 28.8 Å². The quantitative estimate of drug-likeness (QED) is 0.811. The lowest BCUT2D eigenvalue weighted by Gasteiger charge is -2.17. The van der Waals surface area contributed by atoms with Crippen LogP contribution in [-0.4, -0.2) is 32.3 Å². The lowest BCUT2D eigenvalue weighted by Crippen LogP contribution is -2.17. The van der Waals surface area contributed by atoms with Gasteiger partial charge in [-0.2, -0.15) is 10.2 Å². The maximum Gasteiger partial charge on any atom is 0.0699 e. The van der Waals surface area contributed by atoms with Crippen molar-refractivity contribution in [3.8, 4) is 0 Å². The van der Waals surface area contributed by atoms with Gasteiger partial charge in [-0.1, -0.05) is 20.8 Å². The number of hydrogen-bond donors (Lipinski definition) is 3. The largest absolute Gasteiger partial charge is 0.304 e. The lowest BCUT2D eigenvalue weighted by atomic mass is 9.94. The first-order chi connectivity index (χ1) is 11.0. The number of nitrogens with one attached hydrogen (secondary N) is 3. The van der Waals surface area contributed by atoms with Gasteiger partial charge in [0.15, 0.2) is 0 Å². The summed E-state index contributed by atoms with van der Waals surface area (Å²) in [4.78, 5) is 2.33. The molecular weight excluding hydrogens is 288 g/mol. The third kappa shape index (κ3) is 2.40. The minimum Gasteiger partial charge on any atom is -0.304 e. The number of fused-ring (bicyclic) bond motifs is 2. The second kappa shape index (κ2) is 5.46. The third-order valence-corrected chi connectivity index (χ3v) is 5.25. The molecule has 0 aliphatic carbocycles. The normalized spacial score (nSPS) is 21.9. The Bertz CT molecular complexity index is 713. The highest BCUT2D eigenvalue weighted by Gasteiger charge is 2.32. The summed E-state index contributed by atoms with van der Waals surface area (Å²) in [5, 5.41) is 19.3. The Balaban J connectivity index is 1.52. The van der Waals surface area contributed by atoms with Crippen molar-refractivity contribution < 1.29 is 0 Å². The molecule has 0 radical (unpaired) electrons. The molecule has 6 nitrogen and oxygen atoms in total. The summed E-state index contributed by atoms with van der Waals surface area (Å²) in [7, 11) is 2.16. The van der Waals surface area contributed by atoms with Crippen LogP contribution in [-0.2, 0) is 19.6 Å². The van der Waals surface area contributed by atoms with Crippen LogP contribution in [0.15, 0.2) is 0 Å². The Hall–Kier alpha value is -1.66. The molecule has 0 saturated carbocycles. The molecule has 2 unspecified atom stereocenters. The first-order valence-corrected chi connectivity index (χ1v) is 8.59. The van der Waals surface area contributed by atoms with Crippen molar-refractivity contribution in [1.29, 1.82) is 0 Å². The number of aromatic nitrogens is 4. The average molecular weight is 314 g/mol. The second-order valence-electron chi connectivity index (χ2n) is 7.46. The molecule has 3 N–H and O–H groups in total. The van der Waals surface area contributed by atoms with Crippen LogP contribution in [0.1, 0.15) is 79.0 Å². The summed E-state index contributed by atoms with van der Waals surface area (Å²) < 4.78 is 0. The highest BCUT2D eigenvalue weighted by atomic mass is 15.2. The van der Waals surface area contributed by atoms with Gasteiger partial charge in [0.25, 0.3) is 0 Å². The van der Waals surface area contributed by atoms with Crippen molar-refractivity contribution in [3.63, 3.8) is 0 Å². The predicted octanol–water partition coefficient (Wildman–Crippen LogP) is 2.54. The van der Waals surface area contributed by atoms with Gasteiger partial charge < -0.3 is 5.32 Å². The molecule has 0 aromatic carbocycles. The van der Waals surface area contributed by atoms with E-state index in [1.54, 1.807) is 0 Å². The molecule has 124 valence electrons. The molecule has 0 spiro atoms. The van der Waals surface area contributed by atoms with E-state index in [2.05, 4.69) is 58.4 Å². The van der Waals surface area contributed by atoms with E-state index in [0.717, 1.165) is 26.1 Å². The lowest BCUT2D eigenvalue weighted by molar-refractivity contribution is 0.346. The number of aromatic amines is 2. The molecule has 6 heteroatoms. The van der Waals surface area contributed by atoms with Gasteiger partial charge >= 0.3 is 0 Å². The van der Waals surface area contributed by atoms with Crippen LogP contribution >= 0.6 is 0 Å². The van der Waals surface area contributed by atoms with E-state index in [0.29, 0.717) is 17.9 Å². The van der Waals surface area contributed by atoms with E-state index in [4.69, 9.17) is 0 Å². The van der Waals surface area contributed by atoms with E-state index < -0.39 is 0 Å². The second-order valence-corrected chi connectivity index (χ2v) is 7.46. The van der Waals surface area contributed by atoms with Gasteiger partial charge in [-0.05, 0) is 19.4 Å². The molecule has 0 amide bonds. The summed E-state index contributed by atoms with van der Waals surface area (Å²) in [5.74, 6) is 0.897. The molecule has 0 saturated heterocycles. The highest BCUT2D eigenvalue weighted by Crippen LogP contribution is 2.37. The van der Waals surface area contributed by atoms with Crippen LogP contribution in [0.25, 0.3) is 0 Å². The predicted molar refractivity (Wildman–Crippen MR) is 89.0 cm³/mol. The molecule has 2 aromatic rings. The third-order valence-electron chi connectivity index (χ3n) is 5.25. The Morgan fingerprint density at radius 3 is 2.65 bits per heavy atom. The van der Waals surface area contributed by atoms with Gasteiger partial charge in [-0.3, -0.25) is 15.1 Å². The molecule has 2 atom stereocenters. The number of nitrogens with zero attached hydrogens (tertiary/aromatic N) is 3. The van der Waals surface area contributed by atoms with Crippen LogP contribution in [0, 0.1) is 0 Å². The minimum absolute atomic E-state index is 0.353. The van der Waals surface area contributed by atoms with Crippen molar-refractivity contribution in [2.75, 3.05) is 7.05 Å². The van der Waals surface area contributed by atoms with Crippen molar-refractivity contribution in [3.05, 3.63) is 33.9 Å². The summed E-state index contributed by atoms with van der Waals surface area (Å²) in [6.45, 7) is 9.62. The summed E-state index contributed by atoms with van der Waals surface area (Å²) in [5.41, 5.74) is 7.81.